The van der Waals surface area contributed by atoms with E-state index in [-0.39, 0.29) is 0 Å². The zero-order valence-corrected chi connectivity index (χ0v) is 36.4. The van der Waals surface area contributed by atoms with Crippen LogP contribution >= 0.6 is 0 Å². The van der Waals surface area contributed by atoms with Crippen LogP contribution in [0.3, 0.4) is 0 Å². The topological polar surface area (TPSA) is 14.8 Å². The number of aromatic nitrogens is 3. The van der Waals surface area contributed by atoms with Crippen molar-refractivity contribution in [1.82, 2.24) is 13.7 Å². The van der Waals surface area contributed by atoms with Crippen molar-refractivity contribution in [2.45, 2.75) is 92.2 Å². The van der Waals surface area contributed by atoms with E-state index in [1.807, 2.05) is 6.20 Å². The molecule has 0 fully saturated rings. The highest BCUT2D eigenvalue weighted by Crippen LogP contribution is 2.34. The van der Waals surface area contributed by atoms with E-state index >= 15 is 0 Å². The molecule has 3 heteroatoms. The summed E-state index contributed by atoms with van der Waals surface area (Å²) >= 11 is 0. The lowest BCUT2D eigenvalue weighted by Gasteiger charge is -2.17. The first kappa shape index (κ1) is 40.0. The molecule has 304 valence electrons. The lowest BCUT2D eigenvalue weighted by Crippen LogP contribution is -2.10. The molecule has 3 nitrogen and oxygen atoms in total. The van der Waals surface area contributed by atoms with Crippen molar-refractivity contribution >= 4 is 71.6 Å². The minimum atomic E-state index is 0.678. The van der Waals surface area contributed by atoms with Gasteiger partial charge >= 0.3 is 0 Å². The second kappa shape index (κ2) is 17.7. The normalized spacial score (nSPS) is 12.6. The standard InChI is InChI=1S/C58H57N3/c1-6-11-17-41(8-3)39-60-53-21-15-13-19-47(53)49-35-43(29-33-57(49)60)23-25-45-27-31-55-51(37-45)52-38-46(28-32-56(52)59(55)10-5)26-24-44-30-34-58-50(36-44)48-20-14-16-22-54(48)61(58)40-42(9-4)18-12-7-2/h10,13-16,19-22,27-38,41-42H,5-9,11-12,17-18,39-40H2,1-4H3. The Balaban J connectivity index is 1.03. The molecule has 0 radical (unpaired) electrons. The lowest BCUT2D eigenvalue weighted by molar-refractivity contribution is 0.401. The molecule has 3 heterocycles. The van der Waals surface area contributed by atoms with Crippen molar-refractivity contribution in [2.24, 2.45) is 11.8 Å². The van der Waals surface area contributed by atoms with Crippen LogP contribution in [-0.2, 0) is 13.1 Å². The average Bonchev–Trinajstić information content (AvgIpc) is 3.91. The van der Waals surface area contributed by atoms with Gasteiger partial charge in [0, 0.05) is 95.9 Å². The maximum atomic E-state index is 4.17. The predicted molar refractivity (Wildman–Crippen MR) is 263 cm³/mol. The largest absolute Gasteiger partial charge is 0.340 e. The molecule has 0 aliphatic rings. The molecule has 61 heavy (non-hydrogen) atoms. The zero-order valence-electron chi connectivity index (χ0n) is 36.4. The minimum Gasteiger partial charge on any atom is -0.340 e. The van der Waals surface area contributed by atoms with Crippen molar-refractivity contribution in [3.05, 3.63) is 150 Å². The Morgan fingerprint density at radius 1 is 0.443 bits per heavy atom. The summed E-state index contributed by atoms with van der Waals surface area (Å²) in [5.41, 5.74) is 11.5. The van der Waals surface area contributed by atoms with E-state index in [0.717, 1.165) is 57.1 Å². The van der Waals surface area contributed by atoms with Crippen LogP contribution in [0.1, 0.15) is 101 Å². The maximum absolute atomic E-state index is 4.17. The van der Waals surface area contributed by atoms with Gasteiger partial charge in [0.05, 0.1) is 11.0 Å². The van der Waals surface area contributed by atoms with Gasteiger partial charge in [-0.3, -0.25) is 0 Å². The molecule has 0 aliphatic carbocycles. The number of fused-ring (bicyclic) bond motifs is 9. The van der Waals surface area contributed by atoms with Gasteiger partial charge in [0.25, 0.3) is 0 Å². The van der Waals surface area contributed by atoms with E-state index in [2.05, 4.69) is 193 Å². The molecule has 0 bridgehead atoms. The summed E-state index contributed by atoms with van der Waals surface area (Å²) in [6.07, 6.45) is 11.9. The van der Waals surface area contributed by atoms with E-state index < -0.39 is 0 Å². The van der Waals surface area contributed by atoms with E-state index in [1.54, 1.807) is 0 Å². The third kappa shape index (κ3) is 7.75. The fourth-order valence-electron chi connectivity index (χ4n) is 9.70. The summed E-state index contributed by atoms with van der Waals surface area (Å²) in [4.78, 5) is 0. The number of hydrogen-bond acceptors (Lipinski definition) is 0. The van der Waals surface area contributed by atoms with Crippen LogP contribution in [0, 0.1) is 35.5 Å². The second-order valence-electron chi connectivity index (χ2n) is 17.1. The molecule has 9 rings (SSSR count). The van der Waals surface area contributed by atoms with E-state index in [4.69, 9.17) is 0 Å². The number of hydrogen-bond donors (Lipinski definition) is 0. The van der Waals surface area contributed by atoms with E-state index in [0.29, 0.717) is 11.8 Å². The Morgan fingerprint density at radius 3 is 1.15 bits per heavy atom. The van der Waals surface area contributed by atoms with Gasteiger partial charge in [0.2, 0.25) is 0 Å². The molecule has 0 spiro atoms. The van der Waals surface area contributed by atoms with E-state index in [9.17, 15) is 0 Å². The number of rotatable bonds is 13. The van der Waals surface area contributed by atoms with Crippen molar-refractivity contribution in [3.8, 4) is 23.7 Å². The molecule has 0 aliphatic heterocycles. The van der Waals surface area contributed by atoms with Crippen LogP contribution in [0.4, 0.5) is 0 Å². The summed E-state index contributed by atoms with van der Waals surface area (Å²) in [6.45, 7) is 15.5. The van der Waals surface area contributed by atoms with Crippen LogP contribution in [0.25, 0.3) is 71.6 Å². The molecule has 0 amide bonds. The van der Waals surface area contributed by atoms with Gasteiger partial charge in [0.1, 0.15) is 0 Å². The Bertz CT molecular complexity index is 2980. The van der Waals surface area contributed by atoms with Crippen molar-refractivity contribution in [1.29, 1.82) is 0 Å². The van der Waals surface area contributed by atoms with Crippen LogP contribution in [0.2, 0.25) is 0 Å². The SMILES string of the molecule is C=Cn1c2ccc(C#Cc3ccc4c(c3)c3ccccc3n4CC(CC)CCCC)cc2c2cc(C#Cc3ccc4c(c3)c3ccccc3n4CC(CC)CCCC)ccc21. The molecule has 0 N–H and O–H groups in total. The molecule has 0 saturated heterocycles. The number of benzene rings is 6. The molecule has 3 aromatic heterocycles. The van der Waals surface area contributed by atoms with Gasteiger partial charge in [-0.1, -0.05) is 133 Å². The van der Waals surface area contributed by atoms with Gasteiger partial charge in [-0.05, 0) is 110 Å². The van der Waals surface area contributed by atoms with Gasteiger partial charge in [-0.2, -0.15) is 0 Å². The molecular formula is C58H57N3. The molecule has 2 atom stereocenters. The highest BCUT2D eigenvalue weighted by atomic mass is 15.0. The van der Waals surface area contributed by atoms with Gasteiger partial charge in [-0.15, -0.1) is 0 Å². The number of para-hydroxylation sites is 2. The smallest absolute Gasteiger partial charge is 0.0535 e. The Kier molecular flexibility index (Phi) is 11.6. The Labute approximate surface area is 361 Å². The summed E-state index contributed by atoms with van der Waals surface area (Å²) in [6, 6.07) is 44.3. The highest BCUT2D eigenvalue weighted by Gasteiger charge is 2.17. The summed E-state index contributed by atoms with van der Waals surface area (Å²) in [7, 11) is 0. The fraction of sp³-hybridized carbons (Fsp3) is 0.276. The van der Waals surface area contributed by atoms with Crippen molar-refractivity contribution < 1.29 is 0 Å². The molecule has 2 unspecified atom stereocenters. The first-order valence-electron chi connectivity index (χ1n) is 22.8. The Hall–Kier alpha value is -6.42. The molecule has 0 saturated carbocycles. The number of nitrogens with zero attached hydrogens (tertiary/aromatic N) is 3. The third-order valence-electron chi connectivity index (χ3n) is 13.2. The van der Waals surface area contributed by atoms with Gasteiger partial charge < -0.3 is 13.7 Å². The van der Waals surface area contributed by atoms with Crippen molar-refractivity contribution in [2.75, 3.05) is 0 Å². The monoisotopic (exact) mass is 795 g/mol. The summed E-state index contributed by atoms with van der Waals surface area (Å²) in [5, 5.41) is 7.46. The summed E-state index contributed by atoms with van der Waals surface area (Å²) < 4.78 is 7.26. The van der Waals surface area contributed by atoms with E-state index in [1.165, 1.54) is 95.0 Å². The first-order valence-corrected chi connectivity index (χ1v) is 22.8. The van der Waals surface area contributed by atoms with Crippen LogP contribution in [0.5, 0.6) is 0 Å². The van der Waals surface area contributed by atoms with Gasteiger partial charge in [0.15, 0.2) is 0 Å². The second-order valence-corrected chi connectivity index (χ2v) is 17.1. The fourth-order valence-corrected chi connectivity index (χ4v) is 9.70. The molecule has 6 aromatic carbocycles. The van der Waals surface area contributed by atoms with Crippen LogP contribution < -0.4 is 0 Å². The van der Waals surface area contributed by atoms with Crippen LogP contribution in [0.15, 0.2) is 128 Å². The lowest BCUT2D eigenvalue weighted by atomic mass is 9.99. The minimum absolute atomic E-state index is 0.678. The molecular weight excluding hydrogens is 739 g/mol. The highest BCUT2D eigenvalue weighted by molar-refractivity contribution is 6.11. The Morgan fingerprint density at radius 2 is 0.787 bits per heavy atom. The summed E-state index contributed by atoms with van der Waals surface area (Å²) in [5.74, 6) is 15.4. The van der Waals surface area contributed by atoms with Crippen LogP contribution in [-0.4, -0.2) is 13.7 Å². The molecule has 9 aromatic rings. The third-order valence-corrected chi connectivity index (χ3v) is 13.2. The maximum Gasteiger partial charge on any atom is 0.0535 e. The van der Waals surface area contributed by atoms with Gasteiger partial charge in [-0.25, -0.2) is 0 Å². The number of unbranched alkanes of at least 4 members (excludes halogenated alkanes) is 2. The first-order chi connectivity index (χ1) is 30.0. The quantitative estimate of drug-likeness (QED) is 0.103. The predicted octanol–water partition coefficient (Wildman–Crippen LogP) is 15.3. The van der Waals surface area contributed by atoms with Crippen molar-refractivity contribution in [3.63, 3.8) is 0 Å². The zero-order chi connectivity index (χ0) is 41.9. The average molecular weight is 796 g/mol.